The maximum atomic E-state index is 11.2. The van der Waals surface area contributed by atoms with Gasteiger partial charge in [0.05, 0.1) is 0 Å². The predicted molar refractivity (Wildman–Crippen MR) is 48.9 cm³/mol. The molecule has 0 atom stereocenters. The van der Waals surface area contributed by atoms with Crippen molar-refractivity contribution in [1.82, 2.24) is 0 Å². The summed E-state index contributed by atoms with van der Waals surface area (Å²) in [5, 5.41) is 0. The Morgan fingerprint density at radius 1 is 1.25 bits per heavy atom. The van der Waals surface area contributed by atoms with Crippen molar-refractivity contribution in [3.05, 3.63) is 12.2 Å². The van der Waals surface area contributed by atoms with Gasteiger partial charge in [-0.05, 0) is 19.4 Å². The number of ketones is 2. The van der Waals surface area contributed by atoms with Gasteiger partial charge in [-0.15, -0.1) is 0 Å². The minimum atomic E-state index is -0.546. The van der Waals surface area contributed by atoms with Crippen molar-refractivity contribution in [2.75, 3.05) is 0 Å². The molecule has 12 heavy (non-hydrogen) atoms. The van der Waals surface area contributed by atoms with Gasteiger partial charge < -0.3 is 0 Å². The van der Waals surface area contributed by atoms with Gasteiger partial charge in [0, 0.05) is 11.8 Å². The molecule has 68 valence electrons. The van der Waals surface area contributed by atoms with Gasteiger partial charge in [-0.3, -0.25) is 9.59 Å². The second-order valence-corrected chi connectivity index (χ2v) is 3.82. The van der Waals surface area contributed by atoms with E-state index in [0.717, 1.165) is 0 Å². The Balaban J connectivity index is 4.35. The van der Waals surface area contributed by atoms with Gasteiger partial charge in [0.2, 0.25) is 0 Å². The maximum Gasteiger partial charge on any atom is 0.158 e. The summed E-state index contributed by atoms with van der Waals surface area (Å²) in [7, 11) is 0. The van der Waals surface area contributed by atoms with Gasteiger partial charge in [0.1, 0.15) is 5.78 Å². The van der Waals surface area contributed by atoms with Crippen molar-refractivity contribution in [2.45, 2.75) is 34.1 Å². The molecular formula is C10H16O2. The average molecular weight is 168 g/mol. The Kier molecular flexibility index (Phi) is 3.37. The van der Waals surface area contributed by atoms with Crippen LogP contribution in [0, 0.1) is 5.41 Å². The molecule has 0 aromatic rings. The lowest BCUT2D eigenvalue weighted by atomic mass is 9.82. The van der Waals surface area contributed by atoms with Crippen molar-refractivity contribution in [1.29, 1.82) is 0 Å². The molecule has 0 bridgehead atoms. The lowest BCUT2D eigenvalue weighted by Crippen LogP contribution is -2.25. The fourth-order valence-electron chi connectivity index (χ4n) is 0.677. The van der Waals surface area contributed by atoms with Crippen molar-refractivity contribution in [2.24, 2.45) is 5.41 Å². The second-order valence-electron chi connectivity index (χ2n) is 3.82. The monoisotopic (exact) mass is 168 g/mol. The summed E-state index contributed by atoms with van der Waals surface area (Å²) < 4.78 is 0. The molecule has 0 saturated heterocycles. The molecule has 0 aromatic carbocycles. The first-order valence-corrected chi connectivity index (χ1v) is 3.97. The Labute approximate surface area is 73.7 Å². The summed E-state index contributed by atoms with van der Waals surface area (Å²) >= 11 is 0. The van der Waals surface area contributed by atoms with Crippen LogP contribution in [0.15, 0.2) is 12.2 Å². The number of hydrogen-bond acceptors (Lipinski definition) is 2. The highest BCUT2D eigenvalue weighted by Gasteiger charge is 2.26. The second kappa shape index (κ2) is 3.65. The molecular weight excluding hydrogens is 152 g/mol. The van der Waals surface area contributed by atoms with Crippen LogP contribution >= 0.6 is 0 Å². The van der Waals surface area contributed by atoms with E-state index in [1.54, 1.807) is 20.8 Å². The average Bonchev–Trinajstić information content (AvgIpc) is 1.85. The number of allylic oxidation sites excluding steroid dienone is 1. The van der Waals surface area contributed by atoms with Gasteiger partial charge in [-0.1, -0.05) is 20.4 Å². The molecule has 0 rings (SSSR count). The number of carbonyl (C=O) groups excluding carboxylic acids is 2. The molecule has 0 aliphatic carbocycles. The molecule has 0 N–H and O–H groups in total. The highest BCUT2D eigenvalue weighted by Crippen LogP contribution is 2.22. The van der Waals surface area contributed by atoms with E-state index in [0.29, 0.717) is 5.57 Å². The summed E-state index contributed by atoms with van der Waals surface area (Å²) in [5.41, 5.74) is -0.0277. The molecule has 0 aliphatic heterocycles. The Bertz CT molecular complexity index is 224. The molecule has 0 amide bonds. The molecule has 0 heterocycles. The molecule has 0 aromatic heterocycles. The van der Waals surface area contributed by atoms with E-state index in [-0.39, 0.29) is 18.0 Å². The van der Waals surface area contributed by atoms with E-state index in [1.165, 1.54) is 6.92 Å². The van der Waals surface area contributed by atoms with Gasteiger partial charge in [-0.25, -0.2) is 0 Å². The van der Waals surface area contributed by atoms with Crippen LogP contribution in [0.25, 0.3) is 0 Å². The highest BCUT2D eigenvalue weighted by molar-refractivity contribution is 5.98. The number of rotatable bonds is 4. The van der Waals surface area contributed by atoms with Crippen molar-refractivity contribution < 1.29 is 9.59 Å². The summed E-state index contributed by atoms with van der Waals surface area (Å²) in [6.07, 6.45) is 0.262. The van der Waals surface area contributed by atoms with Crippen LogP contribution in [0.2, 0.25) is 0 Å². The molecule has 0 unspecified atom stereocenters. The topological polar surface area (TPSA) is 34.1 Å². The van der Waals surface area contributed by atoms with Crippen LogP contribution in [0.1, 0.15) is 34.1 Å². The molecule has 0 fully saturated rings. The van der Waals surface area contributed by atoms with Crippen molar-refractivity contribution in [3.63, 3.8) is 0 Å². The Hall–Kier alpha value is -0.920. The lowest BCUT2D eigenvalue weighted by molar-refractivity contribution is -0.129. The summed E-state index contributed by atoms with van der Waals surface area (Å²) in [6.45, 7) is 10.3. The molecule has 2 heteroatoms. The van der Waals surface area contributed by atoms with Crippen LogP contribution < -0.4 is 0 Å². The number of carbonyl (C=O) groups is 2. The van der Waals surface area contributed by atoms with Gasteiger partial charge in [-0.2, -0.15) is 0 Å². The van der Waals surface area contributed by atoms with Gasteiger partial charge >= 0.3 is 0 Å². The largest absolute Gasteiger partial charge is 0.299 e. The Morgan fingerprint density at radius 3 is 1.92 bits per heavy atom. The van der Waals surface area contributed by atoms with Crippen LogP contribution in [-0.4, -0.2) is 11.6 Å². The third-order valence-corrected chi connectivity index (χ3v) is 2.03. The fraction of sp³-hybridized carbons (Fsp3) is 0.600. The zero-order valence-corrected chi connectivity index (χ0v) is 8.23. The van der Waals surface area contributed by atoms with Crippen LogP contribution in [0.4, 0.5) is 0 Å². The maximum absolute atomic E-state index is 11.2. The minimum absolute atomic E-state index is 0.0322. The van der Waals surface area contributed by atoms with Crippen LogP contribution in [0.5, 0.6) is 0 Å². The first-order valence-electron chi connectivity index (χ1n) is 3.97. The predicted octanol–water partition coefficient (Wildman–Crippen LogP) is 2.14. The van der Waals surface area contributed by atoms with E-state index in [4.69, 9.17) is 0 Å². The van der Waals surface area contributed by atoms with Gasteiger partial charge in [0.15, 0.2) is 5.78 Å². The van der Waals surface area contributed by atoms with E-state index >= 15 is 0 Å². The smallest absolute Gasteiger partial charge is 0.158 e. The summed E-state index contributed by atoms with van der Waals surface area (Å²) in [6, 6.07) is 0. The summed E-state index contributed by atoms with van der Waals surface area (Å²) in [4.78, 5) is 22.3. The van der Waals surface area contributed by atoms with Gasteiger partial charge in [0.25, 0.3) is 0 Å². The van der Waals surface area contributed by atoms with E-state index in [9.17, 15) is 9.59 Å². The van der Waals surface area contributed by atoms with E-state index < -0.39 is 5.41 Å². The van der Waals surface area contributed by atoms with Crippen molar-refractivity contribution >= 4 is 11.6 Å². The third-order valence-electron chi connectivity index (χ3n) is 2.03. The minimum Gasteiger partial charge on any atom is -0.299 e. The lowest BCUT2D eigenvalue weighted by Gasteiger charge is -2.19. The van der Waals surface area contributed by atoms with Crippen LogP contribution in [0.3, 0.4) is 0 Å². The normalized spacial score (nSPS) is 11.0. The SMILES string of the molecule is C=C(C)C(=O)CC(C)(C)C(C)=O. The van der Waals surface area contributed by atoms with E-state index in [2.05, 4.69) is 6.58 Å². The number of Topliss-reactive ketones (excluding diaryl/α,β-unsaturated/α-hetero) is 2. The molecule has 0 saturated carbocycles. The zero-order chi connectivity index (χ0) is 9.94. The van der Waals surface area contributed by atoms with Crippen molar-refractivity contribution in [3.8, 4) is 0 Å². The Morgan fingerprint density at radius 2 is 1.67 bits per heavy atom. The fourth-order valence-corrected chi connectivity index (χ4v) is 0.677. The van der Waals surface area contributed by atoms with E-state index in [1.807, 2.05) is 0 Å². The zero-order valence-electron chi connectivity index (χ0n) is 8.23. The van der Waals surface area contributed by atoms with Crippen LogP contribution in [-0.2, 0) is 9.59 Å². The third kappa shape index (κ3) is 2.99. The quantitative estimate of drug-likeness (QED) is 0.603. The first kappa shape index (κ1) is 11.1. The first-order chi connectivity index (χ1) is 5.27. The summed E-state index contributed by atoms with van der Waals surface area (Å²) in [5.74, 6) is 0.00676. The highest BCUT2D eigenvalue weighted by atomic mass is 16.1. The molecule has 0 radical (unpaired) electrons. The number of hydrogen-bond donors (Lipinski definition) is 0. The molecule has 2 nitrogen and oxygen atoms in total. The standard InChI is InChI=1S/C10H16O2/c1-7(2)9(12)6-10(4,5)8(3)11/h1,6H2,2-5H3. The molecule has 0 spiro atoms. The molecule has 0 aliphatic rings.